The van der Waals surface area contributed by atoms with Crippen molar-refractivity contribution in [3.8, 4) is 0 Å². The molecule has 2 N–H and O–H groups in total. The first-order valence-electron chi connectivity index (χ1n) is 7.65. The van der Waals surface area contributed by atoms with Crippen LogP contribution in [0.3, 0.4) is 0 Å². The second-order valence-electron chi connectivity index (χ2n) is 5.81. The number of halogens is 1. The molecule has 1 aromatic heterocycles. The fraction of sp³-hybridized carbons (Fsp3) is 0.353. The first kappa shape index (κ1) is 18.6. The van der Waals surface area contributed by atoms with Gasteiger partial charge in [-0.25, -0.2) is 4.98 Å². The van der Waals surface area contributed by atoms with Crippen LogP contribution >= 0.6 is 27.3 Å². The second kappa shape index (κ2) is 8.39. The third-order valence-corrected chi connectivity index (χ3v) is 4.73. The van der Waals surface area contributed by atoms with E-state index in [4.69, 9.17) is 0 Å². The fourth-order valence-electron chi connectivity index (χ4n) is 1.99. The highest BCUT2D eigenvalue weighted by Crippen LogP contribution is 2.18. The number of amides is 2. The van der Waals surface area contributed by atoms with Crippen LogP contribution in [0.1, 0.15) is 38.1 Å². The monoisotopic (exact) mass is 409 g/mol. The maximum Gasteiger partial charge on any atom is 0.228 e. The molecule has 0 saturated heterocycles. The van der Waals surface area contributed by atoms with Gasteiger partial charge in [0, 0.05) is 15.8 Å². The normalized spacial score (nSPS) is 12.0. The first-order chi connectivity index (χ1) is 11.3. The van der Waals surface area contributed by atoms with Gasteiger partial charge in [-0.1, -0.05) is 41.9 Å². The quantitative estimate of drug-likeness (QED) is 0.759. The van der Waals surface area contributed by atoms with Crippen molar-refractivity contribution >= 4 is 44.2 Å². The molecule has 1 aromatic carbocycles. The smallest absolute Gasteiger partial charge is 0.228 e. The van der Waals surface area contributed by atoms with Gasteiger partial charge in [0.1, 0.15) is 0 Å². The first-order valence-corrected chi connectivity index (χ1v) is 9.32. The average molecular weight is 410 g/mol. The summed E-state index contributed by atoms with van der Waals surface area (Å²) in [7, 11) is 0. The van der Waals surface area contributed by atoms with Crippen LogP contribution in [0.4, 0.5) is 5.13 Å². The van der Waals surface area contributed by atoms with Crippen LogP contribution in [0.5, 0.6) is 0 Å². The van der Waals surface area contributed by atoms with Gasteiger partial charge in [-0.3, -0.25) is 9.59 Å². The number of rotatable bonds is 6. The molecule has 0 radical (unpaired) electrons. The van der Waals surface area contributed by atoms with Crippen molar-refractivity contribution < 1.29 is 9.59 Å². The lowest BCUT2D eigenvalue weighted by Crippen LogP contribution is -2.28. The molecule has 5 nitrogen and oxygen atoms in total. The zero-order valence-electron chi connectivity index (χ0n) is 13.8. The highest BCUT2D eigenvalue weighted by molar-refractivity contribution is 9.10. The van der Waals surface area contributed by atoms with E-state index in [2.05, 4.69) is 31.5 Å². The summed E-state index contributed by atoms with van der Waals surface area (Å²) in [6.07, 6.45) is 0.189. The van der Waals surface area contributed by atoms with Crippen LogP contribution in [-0.2, 0) is 16.0 Å². The summed E-state index contributed by atoms with van der Waals surface area (Å²) < 4.78 is 1.00. The minimum absolute atomic E-state index is 0.0793. The summed E-state index contributed by atoms with van der Waals surface area (Å²) in [5, 5.41) is 8.01. The van der Waals surface area contributed by atoms with E-state index in [1.54, 1.807) is 5.38 Å². The minimum atomic E-state index is -0.104. The molecule has 0 aliphatic heterocycles. The molecule has 0 fully saturated rings. The highest BCUT2D eigenvalue weighted by atomic mass is 79.9. The Morgan fingerprint density at radius 1 is 1.21 bits per heavy atom. The number of hydrogen-bond donors (Lipinski definition) is 2. The lowest BCUT2D eigenvalue weighted by atomic mass is 10.1. The van der Waals surface area contributed by atoms with Crippen molar-refractivity contribution in [3.05, 3.63) is 45.4 Å². The third-order valence-electron chi connectivity index (χ3n) is 3.40. The Kier molecular flexibility index (Phi) is 6.51. The fourth-order valence-corrected chi connectivity index (χ4v) is 2.96. The van der Waals surface area contributed by atoms with Gasteiger partial charge in [-0.15, -0.1) is 11.3 Å². The SMILES string of the molecule is CC(C)C(=O)Nc1nc(CC(=O)NC(C)c2ccc(Br)cc2)cs1. The predicted molar refractivity (Wildman–Crippen MR) is 100.0 cm³/mol. The number of carbonyl (C=O) groups excluding carboxylic acids is 2. The van der Waals surface area contributed by atoms with Gasteiger partial charge >= 0.3 is 0 Å². The Morgan fingerprint density at radius 3 is 2.50 bits per heavy atom. The maximum atomic E-state index is 12.2. The maximum absolute atomic E-state index is 12.2. The van der Waals surface area contributed by atoms with Gasteiger partial charge in [0.15, 0.2) is 5.13 Å². The topological polar surface area (TPSA) is 71.1 Å². The molecular weight excluding hydrogens is 390 g/mol. The molecule has 2 aromatic rings. The Bertz CT molecular complexity index is 713. The summed E-state index contributed by atoms with van der Waals surface area (Å²) in [6, 6.07) is 7.75. The Labute approximate surface area is 154 Å². The summed E-state index contributed by atoms with van der Waals surface area (Å²) in [4.78, 5) is 28.1. The number of carbonyl (C=O) groups is 2. The van der Waals surface area contributed by atoms with E-state index in [1.165, 1.54) is 11.3 Å². The van der Waals surface area contributed by atoms with E-state index in [1.807, 2.05) is 45.0 Å². The molecule has 7 heteroatoms. The molecule has 0 aliphatic carbocycles. The van der Waals surface area contributed by atoms with Crippen molar-refractivity contribution in [2.75, 3.05) is 5.32 Å². The molecule has 2 rings (SSSR count). The molecule has 128 valence electrons. The lowest BCUT2D eigenvalue weighted by Gasteiger charge is -2.14. The molecule has 24 heavy (non-hydrogen) atoms. The molecular formula is C17H20BrN3O2S. The van der Waals surface area contributed by atoms with Gasteiger partial charge in [-0.05, 0) is 24.6 Å². The predicted octanol–water partition coefficient (Wildman–Crippen LogP) is 3.92. The summed E-state index contributed by atoms with van der Waals surface area (Å²) in [5.41, 5.74) is 1.69. The van der Waals surface area contributed by atoms with Gasteiger partial charge in [0.2, 0.25) is 11.8 Å². The molecule has 2 amide bonds. The van der Waals surface area contributed by atoms with Crippen LogP contribution in [0, 0.1) is 5.92 Å². The summed E-state index contributed by atoms with van der Waals surface area (Å²) >= 11 is 4.72. The molecule has 1 unspecified atom stereocenters. The van der Waals surface area contributed by atoms with Gasteiger partial charge < -0.3 is 10.6 Å². The average Bonchev–Trinajstić information content (AvgIpc) is 2.94. The van der Waals surface area contributed by atoms with Crippen molar-refractivity contribution in [1.29, 1.82) is 0 Å². The van der Waals surface area contributed by atoms with E-state index in [0.717, 1.165) is 10.0 Å². The van der Waals surface area contributed by atoms with E-state index < -0.39 is 0 Å². The van der Waals surface area contributed by atoms with Crippen molar-refractivity contribution in [2.24, 2.45) is 5.92 Å². The van der Waals surface area contributed by atoms with Gasteiger partial charge in [-0.2, -0.15) is 0 Å². The number of aromatic nitrogens is 1. The van der Waals surface area contributed by atoms with Crippen LogP contribution < -0.4 is 10.6 Å². The van der Waals surface area contributed by atoms with E-state index in [0.29, 0.717) is 10.8 Å². The molecule has 0 saturated carbocycles. The van der Waals surface area contributed by atoms with Crippen LogP contribution in [-0.4, -0.2) is 16.8 Å². The number of benzene rings is 1. The third kappa shape index (κ3) is 5.42. The Morgan fingerprint density at radius 2 is 1.88 bits per heavy atom. The van der Waals surface area contributed by atoms with Crippen molar-refractivity contribution in [1.82, 2.24) is 10.3 Å². The Balaban J connectivity index is 1.89. The number of hydrogen-bond acceptors (Lipinski definition) is 4. The van der Waals surface area contributed by atoms with Crippen LogP contribution in [0.25, 0.3) is 0 Å². The molecule has 0 aliphatic rings. The summed E-state index contributed by atoms with van der Waals surface area (Å²) in [6.45, 7) is 5.58. The molecule has 0 spiro atoms. The van der Waals surface area contributed by atoms with Gasteiger partial charge in [0.05, 0.1) is 18.2 Å². The number of nitrogens with one attached hydrogen (secondary N) is 2. The van der Waals surface area contributed by atoms with Crippen molar-refractivity contribution in [2.45, 2.75) is 33.2 Å². The lowest BCUT2D eigenvalue weighted by molar-refractivity contribution is -0.121. The molecule has 0 bridgehead atoms. The largest absolute Gasteiger partial charge is 0.349 e. The zero-order chi connectivity index (χ0) is 17.7. The van der Waals surface area contributed by atoms with Crippen LogP contribution in [0.2, 0.25) is 0 Å². The number of anilines is 1. The number of thiazole rings is 1. The standard InChI is InChI=1S/C17H20BrN3O2S/c1-10(2)16(23)21-17-20-14(9-24-17)8-15(22)19-11(3)12-4-6-13(18)7-5-12/h4-7,9-11H,8H2,1-3H3,(H,19,22)(H,20,21,23). The van der Waals surface area contributed by atoms with E-state index in [-0.39, 0.29) is 30.2 Å². The molecule has 1 heterocycles. The van der Waals surface area contributed by atoms with E-state index in [9.17, 15) is 9.59 Å². The van der Waals surface area contributed by atoms with Gasteiger partial charge in [0.25, 0.3) is 0 Å². The summed E-state index contributed by atoms with van der Waals surface area (Å²) in [5.74, 6) is -0.283. The Hall–Kier alpha value is -1.73. The van der Waals surface area contributed by atoms with E-state index >= 15 is 0 Å². The highest BCUT2D eigenvalue weighted by Gasteiger charge is 2.14. The molecule has 1 atom stereocenters. The minimum Gasteiger partial charge on any atom is -0.349 e. The second-order valence-corrected chi connectivity index (χ2v) is 7.58. The number of nitrogens with zero attached hydrogens (tertiary/aromatic N) is 1. The van der Waals surface area contributed by atoms with Crippen molar-refractivity contribution in [3.63, 3.8) is 0 Å². The van der Waals surface area contributed by atoms with Crippen LogP contribution in [0.15, 0.2) is 34.1 Å². The zero-order valence-corrected chi connectivity index (χ0v) is 16.2.